The monoisotopic (exact) mass is 254 g/mol. The standard InChI is InChI=1S/C13H19Br/c1-4-13(11(3)9-14)12-7-5-6-10(2)8-12/h5-8,11,13H,4,9H2,1-3H3/t11-,13+/m0/s1. The number of aryl methyl sites for hydroxylation is 1. The summed E-state index contributed by atoms with van der Waals surface area (Å²) in [6, 6.07) is 8.89. The van der Waals surface area contributed by atoms with Crippen LogP contribution in [0.2, 0.25) is 0 Å². The first kappa shape index (κ1) is 11.8. The molecular weight excluding hydrogens is 236 g/mol. The SMILES string of the molecule is CC[C@@H](c1cccc(C)c1)[C@@H](C)CBr. The van der Waals surface area contributed by atoms with Crippen LogP contribution in [-0.2, 0) is 0 Å². The molecule has 2 atom stereocenters. The zero-order valence-corrected chi connectivity index (χ0v) is 10.8. The minimum Gasteiger partial charge on any atom is -0.0925 e. The highest BCUT2D eigenvalue weighted by Gasteiger charge is 2.16. The zero-order chi connectivity index (χ0) is 10.6. The fourth-order valence-corrected chi connectivity index (χ4v) is 2.43. The van der Waals surface area contributed by atoms with E-state index in [4.69, 9.17) is 0 Å². The molecule has 0 heterocycles. The van der Waals surface area contributed by atoms with Gasteiger partial charge in [-0.25, -0.2) is 0 Å². The van der Waals surface area contributed by atoms with Gasteiger partial charge in [0, 0.05) is 5.33 Å². The maximum atomic E-state index is 3.57. The molecule has 0 fully saturated rings. The Morgan fingerprint density at radius 3 is 2.57 bits per heavy atom. The Kier molecular flexibility index (Phi) is 4.67. The number of hydrogen-bond donors (Lipinski definition) is 0. The van der Waals surface area contributed by atoms with Crippen LogP contribution in [0.25, 0.3) is 0 Å². The highest BCUT2D eigenvalue weighted by Crippen LogP contribution is 2.29. The smallest absolute Gasteiger partial charge is 0.00628 e. The largest absolute Gasteiger partial charge is 0.0925 e. The molecule has 0 aliphatic carbocycles. The Morgan fingerprint density at radius 1 is 1.36 bits per heavy atom. The van der Waals surface area contributed by atoms with Crippen molar-refractivity contribution in [2.24, 2.45) is 5.92 Å². The van der Waals surface area contributed by atoms with Gasteiger partial charge in [-0.2, -0.15) is 0 Å². The first-order valence-corrected chi connectivity index (χ1v) is 6.43. The molecule has 0 unspecified atom stereocenters. The molecule has 0 amide bonds. The fraction of sp³-hybridized carbons (Fsp3) is 0.538. The van der Waals surface area contributed by atoms with Gasteiger partial charge in [-0.15, -0.1) is 0 Å². The van der Waals surface area contributed by atoms with Crippen LogP contribution in [0.3, 0.4) is 0 Å². The van der Waals surface area contributed by atoms with Gasteiger partial charge in [-0.3, -0.25) is 0 Å². The molecular formula is C13H19Br. The van der Waals surface area contributed by atoms with E-state index in [0.29, 0.717) is 11.8 Å². The van der Waals surface area contributed by atoms with E-state index < -0.39 is 0 Å². The fourth-order valence-electron chi connectivity index (χ4n) is 1.97. The molecule has 1 aromatic rings. The van der Waals surface area contributed by atoms with Crippen LogP contribution in [0, 0.1) is 12.8 Å². The molecule has 0 aliphatic heterocycles. The average Bonchev–Trinajstić information content (AvgIpc) is 2.19. The predicted molar refractivity (Wildman–Crippen MR) is 67.2 cm³/mol. The second kappa shape index (κ2) is 5.55. The van der Waals surface area contributed by atoms with Gasteiger partial charge in [0.1, 0.15) is 0 Å². The van der Waals surface area contributed by atoms with E-state index in [1.54, 1.807) is 0 Å². The van der Waals surface area contributed by atoms with Gasteiger partial charge in [0.15, 0.2) is 0 Å². The molecule has 0 aliphatic rings. The second-order valence-electron chi connectivity index (χ2n) is 4.06. The molecule has 0 bridgehead atoms. The highest BCUT2D eigenvalue weighted by molar-refractivity contribution is 9.09. The summed E-state index contributed by atoms with van der Waals surface area (Å²) in [4.78, 5) is 0. The van der Waals surface area contributed by atoms with Gasteiger partial charge in [-0.1, -0.05) is 59.6 Å². The normalized spacial score (nSPS) is 15.1. The van der Waals surface area contributed by atoms with E-state index in [1.165, 1.54) is 17.5 Å². The van der Waals surface area contributed by atoms with Gasteiger partial charge in [0.2, 0.25) is 0 Å². The van der Waals surface area contributed by atoms with Crippen molar-refractivity contribution in [1.82, 2.24) is 0 Å². The Bertz CT molecular complexity index is 280. The number of rotatable bonds is 4. The molecule has 78 valence electrons. The third-order valence-electron chi connectivity index (χ3n) is 2.84. The van der Waals surface area contributed by atoms with E-state index >= 15 is 0 Å². The van der Waals surface area contributed by atoms with Crippen molar-refractivity contribution in [2.45, 2.75) is 33.1 Å². The van der Waals surface area contributed by atoms with Crippen LogP contribution in [0.15, 0.2) is 24.3 Å². The van der Waals surface area contributed by atoms with E-state index in [9.17, 15) is 0 Å². The minimum atomic E-state index is 0.689. The summed E-state index contributed by atoms with van der Waals surface area (Å²) in [5.41, 5.74) is 2.85. The lowest BCUT2D eigenvalue weighted by Gasteiger charge is -2.21. The number of halogens is 1. The molecule has 0 N–H and O–H groups in total. The molecule has 0 nitrogen and oxygen atoms in total. The van der Waals surface area contributed by atoms with Crippen LogP contribution in [0.4, 0.5) is 0 Å². The molecule has 0 spiro atoms. The summed E-state index contributed by atoms with van der Waals surface area (Å²) < 4.78 is 0. The average molecular weight is 255 g/mol. The van der Waals surface area contributed by atoms with E-state index in [2.05, 4.69) is 61.0 Å². The topological polar surface area (TPSA) is 0 Å². The second-order valence-corrected chi connectivity index (χ2v) is 4.71. The molecule has 1 aromatic carbocycles. The van der Waals surface area contributed by atoms with Gasteiger partial charge in [0.05, 0.1) is 0 Å². The van der Waals surface area contributed by atoms with Gasteiger partial charge >= 0.3 is 0 Å². The summed E-state index contributed by atoms with van der Waals surface area (Å²) in [6.07, 6.45) is 1.22. The number of benzene rings is 1. The molecule has 0 saturated carbocycles. The van der Waals surface area contributed by atoms with Crippen molar-refractivity contribution in [2.75, 3.05) is 5.33 Å². The van der Waals surface area contributed by atoms with Crippen LogP contribution in [0.5, 0.6) is 0 Å². The van der Waals surface area contributed by atoms with Crippen molar-refractivity contribution in [3.8, 4) is 0 Å². The number of alkyl halides is 1. The summed E-state index contributed by atoms with van der Waals surface area (Å²) in [6.45, 7) is 6.74. The molecule has 0 radical (unpaired) electrons. The Balaban J connectivity index is 2.89. The van der Waals surface area contributed by atoms with Crippen molar-refractivity contribution in [3.63, 3.8) is 0 Å². The van der Waals surface area contributed by atoms with E-state index in [-0.39, 0.29) is 0 Å². The molecule has 0 saturated heterocycles. The van der Waals surface area contributed by atoms with E-state index in [1.807, 2.05) is 0 Å². The van der Waals surface area contributed by atoms with Gasteiger partial charge < -0.3 is 0 Å². The zero-order valence-electron chi connectivity index (χ0n) is 9.26. The van der Waals surface area contributed by atoms with Crippen LogP contribution in [-0.4, -0.2) is 5.33 Å². The third-order valence-corrected chi connectivity index (χ3v) is 3.86. The summed E-state index contributed by atoms with van der Waals surface area (Å²) in [7, 11) is 0. The highest BCUT2D eigenvalue weighted by atomic mass is 79.9. The lowest BCUT2D eigenvalue weighted by Crippen LogP contribution is -2.10. The van der Waals surface area contributed by atoms with Crippen molar-refractivity contribution in [1.29, 1.82) is 0 Å². The summed E-state index contributed by atoms with van der Waals surface area (Å²) >= 11 is 3.57. The van der Waals surface area contributed by atoms with Crippen molar-refractivity contribution in [3.05, 3.63) is 35.4 Å². The maximum Gasteiger partial charge on any atom is 0.00628 e. The van der Waals surface area contributed by atoms with Gasteiger partial charge in [0.25, 0.3) is 0 Å². The summed E-state index contributed by atoms with van der Waals surface area (Å²) in [5.74, 6) is 1.40. The Hall–Kier alpha value is -0.300. The predicted octanol–water partition coefficient (Wildman–Crippen LogP) is 4.52. The number of hydrogen-bond acceptors (Lipinski definition) is 0. The Labute approximate surface area is 95.9 Å². The molecule has 1 rings (SSSR count). The van der Waals surface area contributed by atoms with Crippen LogP contribution >= 0.6 is 15.9 Å². The first-order valence-electron chi connectivity index (χ1n) is 5.31. The minimum absolute atomic E-state index is 0.689. The molecule has 14 heavy (non-hydrogen) atoms. The lowest BCUT2D eigenvalue weighted by molar-refractivity contribution is 0.495. The first-order chi connectivity index (χ1) is 6.69. The third kappa shape index (κ3) is 2.84. The Morgan fingerprint density at radius 2 is 2.07 bits per heavy atom. The maximum absolute atomic E-state index is 3.57. The van der Waals surface area contributed by atoms with Crippen molar-refractivity contribution >= 4 is 15.9 Å². The van der Waals surface area contributed by atoms with E-state index in [0.717, 1.165) is 5.33 Å². The summed E-state index contributed by atoms with van der Waals surface area (Å²) in [5, 5.41) is 1.08. The molecule has 0 aromatic heterocycles. The van der Waals surface area contributed by atoms with Gasteiger partial charge in [-0.05, 0) is 30.7 Å². The van der Waals surface area contributed by atoms with Crippen LogP contribution < -0.4 is 0 Å². The lowest BCUT2D eigenvalue weighted by atomic mass is 9.86. The van der Waals surface area contributed by atoms with Crippen LogP contribution in [0.1, 0.15) is 37.3 Å². The van der Waals surface area contributed by atoms with Crippen molar-refractivity contribution < 1.29 is 0 Å². The quantitative estimate of drug-likeness (QED) is 0.694. The molecule has 1 heteroatoms.